The van der Waals surface area contributed by atoms with E-state index >= 15 is 0 Å². The quantitative estimate of drug-likeness (QED) is 0.161. The molecule has 1 heterocycles. The molecule has 9 nitrogen and oxygen atoms in total. The minimum absolute atomic E-state index is 0.171. The van der Waals surface area contributed by atoms with Crippen molar-refractivity contribution in [2.75, 3.05) is 39.8 Å². The monoisotopic (exact) mass is 343 g/mol. The summed E-state index contributed by atoms with van der Waals surface area (Å²) in [4.78, 5) is 39.1. The molecule has 4 amide bonds. The van der Waals surface area contributed by atoms with Gasteiger partial charge in [0, 0.05) is 26.2 Å². The van der Waals surface area contributed by atoms with Gasteiger partial charge in [-0.15, -0.1) is 0 Å². The highest BCUT2D eigenvalue weighted by Crippen LogP contribution is 2.14. The summed E-state index contributed by atoms with van der Waals surface area (Å²) in [5, 5.41) is 10.4. The second-order valence-electron chi connectivity index (χ2n) is 6.20. The average Bonchev–Trinajstić information content (AvgIpc) is 2.59. The normalized spacial score (nSPS) is 16.6. The summed E-state index contributed by atoms with van der Waals surface area (Å²) < 4.78 is 0. The smallest absolute Gasteiger partial charge is 0.321 e. The van der Waals surface area contributed by atoms with Gasteiger partial charge in [-0.05, 0) is 13.5 Å². The number of hydrazine groups is 1. The number of urea groups is 1. The molecule has 0 bridgehead atoms. The van der Waals surface area contributed by atoms with Gasteiger partial charge in [0.25, 0.3) is 0 Å². The molecule has 1 fully saturated rings. The summed E-state index contributed by atoms with van der Waals surface area (Å²) >= 11 is 0. The molecule has 0 aliphatic carbocycles. The molecule has 1 saturated heterocycles. The van der Waals surface area contributed by atoms with Crippen molar-refractivity contribution < 1.29 is 19.6 Å². The van der Waals surface area contributed by atoms with Crippen molar-refractivity contribution in [2.24, 2.45) is 11.8 Å². The van der Waals surface area contributed by atoms with Gasteiger partial charge in [0.05, 0.1) is 12.5 Å². The van der Waals surface area contributed by atoms with E-state index in [1.54, 1.807) is 0 Å². The van der Waals surface area contributed by atoms with Gasteiger partial charge in [-0.2, -0.15) is 5.01 Å². The third-order valence-electron chi connectivity index (χ3n) is 4.25. The van der Waals surface area contributed by atoms with Crippen LogP contribution in [0, 0.1) is 5.92 Å². The largest absolute Gasteiger partial charge is 0.341 e. The van der Waals surface area contributed by atoms with Crippen LogP contribution in [-0.4, -0.2) is 83.2 Å². The number of nitrogens with two attached hydrogens (primary N) is 1. The van der Waals surface area contributed by atoms with Crippen LogP contribution < -0.4 is 5.84 Å². The van der Waals surface area contributed by atoms with Crippen LogP contribution in [0.1, 0.15) is 32.6 Å². The lowest BCUT2D eigenvalue weighted by molar-refractivity contribution is -0.156. The molecular weight excluding hydrogens is 314 g/mol. The molecule has 24 heavy (non-hydrogen) atoms. The highest BCUT2D eigenvalue weighted by Gasteiger charge is 2.31. The van der Waals surface area contributed by atoms with Crippen LogP contribution in [0.3, 0.4) is 0 Å². The van der Waals surface area contributed by atoms with Gasteiger partial charge < -0.3 is 9.80 Å². The number of nitrogens with zero attached hydrogens (tertiary/aromatic N) is 4. The first kappa shape index (κ1) is 20.3. The summed E-state index contributed by atoms with van der Waals surface area (Å²) in [6, 6.07) is -0.538. The van der Waals surface area contributed by atoms with E-state index in [2.05, 4.69) is 4.90 Å². The number of likely N-dealkylation sites (N-methyl/N-ethyl adjacent to an activating group) is 1. The Morgan fingerprint density at radius 3 is 2.42 bits per heavy atom. The highest BCUT2D eigenvalue weighted by atomic mass is 16.5. The van der Waals surface area contributed by atoms with E-state index in [1.165, 1.54) is 4.90 Å². The lowest BCUT2D eigenvalue weighted by atomic mass is 10.00. The number of hydrogen-bond acceptors (Lipinski definition) is 6. The number of hydrogen-bond donors (Lipinski definition) is 2. The molecule has 1 aliphatic heterocycles. The Morgan fingerprint density at radius 2 is 1.88 bits per heavy atom. The standard InChI is InChI=1S/C15H29N5O4/c1-3-4-5-6-13(11-19(24)12-21)14(22)20(16)15(23)18-9-7-17(2)8-10-18/h12-13,24H,3-11,16H2,1-2H3/t13-/m1/s1. The van der Waals surface area contributed by atoms with Crippen molar-refractivity contribution >= 4 is 18.3 Å². The molecule has 0 radical (unpaired) electrons. The fourth-order valence-electron chi connectivity index (χ4n) is 2.64. The summed E-state index contributed by atoms with van der Waals surface area (Å²) in [6.07, 6.45) is 3.36. The van der Waals surface area contributed by atoms with Gasteiger partial charge in [0.15, 0.2) is 0 Å². The van der Waals surface area contributed by atoms with Gasteiger partial charge in [0.2, 0.25) is 12.3 Å². The first-order valence-electron chi connectivity index (χ1n) is 8.37. The first-order chi connectivity index (χ1) is 11.4. The number of rotatable bonds is 8. The molecule has 138 valence electrons. The van der Waals surface area contributed by atoms with Crippen LogP contribution in [0.2, 0.25) is 0 Å². The summed E-state index contributed by atoms with van der Waals surface area (Å²) in [6.45, 7) is 4.34. The zero-order valence-electron chi connectivity index (χ0n) is 14.6. The molecule has 0 unspecified atom stereocenters. The first-order valence-corrected chi connectivity index (χ1v) is 8.37. The number of unbranched alkanes of at least 4 members (excludes halogenated alkanes) is 2. The van der Waals surface area contributed by atoms with Crippen molar-refractivity contribution in [1.29, 1.82) is 0 Å². The zero-order chi connectivity index (χ0) is 18.1. The molecule has 3 N–H and O–H groups in total. The zero-order valence-corrected chi connectivity index (χ0v) is 14.6. The van der Waals surface area contributed by atoms with Crippen molar-refractivity contribution in [3.05, 3.63) is 0 Å². The van der Waals surface area contributed by atoms with Crippen molar-refractivity contribution in [2.45, 2.75) is 32.6 Å². The van der Waals surface area contributed by atoms with Gasteiger partial charge in [-0.25, -0.2) is 15.7 Å². The molecule has 1 atom stereocenters. The van der Waals surface area contributed by atoms with E-state index in [9.17, 15) is 19.6 Å². The molecule has 1 rings (SSSR count). The Balaban J connectivity index is 2.67. The third kappa shape index (κ3) is 6.06. The number of carbonyl (C=O) groups is 3. The Kier molecular flexibility index (Phi) is 8.66. The Bertz CT molecular complexity index is 426. The molecule has 1 aliphatic rings. The predicted octanol–water partition coefficient (Wildman–Crippen LogP) is 0.100. The van der Waals surface area contributed by atoms with Gasteiger partial charge >= 0.3 is 6.03 Å². The summed E-state index contributed by atoms with van der Waals surface area (Å²) in [7, 11) is 1.96. The van der Waals surface area contributed by atoms with Crippen LogP contribution in [-0.2, 0) is 9.59 Å². The fraction of sp³-hybridized carbons (Fsp3) is 0.800. The number of imide groups is 1. The lowest BCUT2D eigenvalue weighted by Gasteiger charge is -2.34. The average molecular weight is 343 g/mol. The van der Waals surface area contributed by atoms with Crippen molar-refractivity contribution in [3.8, 4) is 0 Å². The van der Waals surface area contributed by atoms with E-state index in [0.29, 0.717) is 29.6 Å². The summed E-state index contributed by atoms with van der Waals surface area (Å²) in [5.41, 5.74) is 0. The molecule has 0 aromatic heterocycles. The molecule has 9 heteroatoms. The van der Waals surface area contributed by atoms with Crippen LogP contribution in [0.4, 0.5) is 4.79 Å². The molecule has 0 aromatic carbocycles. The Morgan fingerprint density at radius 1 is 1.25 bits per heavy atom. The third-order valence-corrected chi connectivity index (χ3v) is 4.25. The Labute approximate surface area is 142 Å². The second-order valence-corrected chi connectivity index (χ2v) is 6.20. The van der Waals surface area contributed by atoms with Gasteiger partial charge in [-0.1, -0.05) is 26.2 Å². The van der Waals surface area contributed by atoms with E-state index in [-0.39, 0.29) is 13.0 Å². The van der Waals surface area contributed by atoms with Crippen LogP contribution >= 0.6 is 0 Å². The topological polar surface area (TPSA) is 110 Å². The van der Waals surface area contributed by atoms with Crippen LogP contribution in [0.15, 0.2) is 0 Å². The Hall–Kier alpha value is -1.71. The van der Waals surface area contributed by atoms with Gasteiger partial charge in [-0.3, -0.25) is 14.8 Å². The number of hydroxylamine groups is 2. The lowest BCUT2D eigenvalue weighted by Crippen LogP contribution is -2.57. The van der Waals surface area contributed by atoms with E-state index in [4.69, 9.17) is 5.84 Å². The molecule has 0 saturated carbocycles. The maximum atomic E-state index is 12.5. The van der Waals surface area contributed by atoms with E-state index in [0.717, 1.165) is 32.4 Å². The number of piperazine rings is 1. The number of amides is 4. The van der Waals surface area contributed by atoms with Gasteiger partial charge in [0.1, 0.15) is 0 Å². The molecule has 0 aromatic rings. The molecule has 0 spiro atoms. The van der Waals surface area contributed by atoms with Crippen molar-refractivity contribution in [3.63, 3.8) is 0 Å². The van der Waals surface area contributed by atoms with Crippen LogP contribution in [0.5, 0.6) is 0 Å². The van der Waals surface area contributed by atoms with E-state index < -0.39 is 17.9 Å². The fourth-order valence-corrected chi connectivity index (χ4v) is 2.64. The predicted molar refractivity (Wildman–Crippen MR) is 87.7 cm³/mol. The minimum Gasteiger partial charge on any atom is -0.321 e. The SMILES string of the molecule is CCCCC[C@H](CN(O)C=O)C(=O)N(N)C(=O)N1CCN(C)CC1. The minimum atomic E-state index is -0.701. The number of carbonyl (C=O) groups excluding carboxylic acids is 3. The maximum Gasteiger partial charge on any atom is 0.341 e. The maximum absolute atomic E-state index is 12.5. The summed E-state index contributed by atoms with van der Waals surface area (Å²) in [5.74, 6) is 4.47. The highest BCUT2D eigenvalue weighted by molar-refractivity contribution is 5.95. The second kappa shape index (κ2) is 10.2. The van der Waals surface area contributed by atoms with E-state index in [1.807, 2.05) is 14.0 Å². The molecular formula is C15H29N5O4. The van der Waals surface area contributed by atoms with Crippen LogP contribution in [0.25, 0.3) is 0 Å². The van der Waals surface area contributed by atoms with Crippen molar-refractivity contribution in [1.82, 2.24) is 19.9 Å².